The molecule has 0 saturated carbocycles. The van der Waals surface area contributed by atoms with Gasteiger partial charge in [-0.15, -0.1) is 0 Å². The SMILES string of the molecule is CCOC(=O)N1CCCC[C@H]1C[C@H](O)c1ccccc1. The van der Waals surface area contributed by atoms with Crippen LogP contribution in [-0.4, -0.2) is 35.3 Å². The van der Waals surface area contributed by atoms with E-state index in [-0.39, 0.29) is 12.1 Å². The summed E-state index contributed by atoms with van der Waals surface area (Å²) in [5.41, 5.74) is 0.905. The van der Waals surface area contributed by atoms with Gasteiger partial charge >= 0.3 is 6.09 Å². The average molecular weight is 277 g/mol. The summed E-state index contributed by atoms with van der Waals surface area (Å²) < 4.78 is 5.10. The van der Waals surface area contributed by atoms with Crippen molar-refractivity contribution in [3.8, 4) is 0 Å². The van der Waals surface area contributed by atoms with Gasteiger partial charge in [0, 0.05) is 12.6 Å². The van der Waals surface area contributed by atoms with Crippen molar-refractivity contribution in [3.63, 3.8) is 0 Å². The van der Waals surface area contributed by atoms with Gasteiger partial charge in [-0.25, -0.2) is 4.79 Å². The number of piperidine rings is 1. The molecule has 1 saturated heterocycles. The van der Waals surface area contributed by atoms with E-state index < -0.39 is 6.10 Å². The highest BCUT2D eigenvalue weighted by Crippen LogP contribution is 2.27. The highest BCUT2D eigenvalue weighted by molar-refractivity contribution is 5.68. The molecule has 0 aromatic heterocycles. The first-order chi connectivity index (χ1) is 9.72. The van der Waals surface area contributed by atoms with Crippen LogP contribution >= 0.6 is 0 Å². The molecular weight excluding hydrogens is 254 g/mol. The average Bonchev–Trinajstić information content (AvgIpc) is 2.49. The Labute approximate surface area is 120 Å². The predicted octanol–water partition coefficient (Wildman–Crippen LogP) is 3.12. The molecule has 1 N–H and O–H groups in total. The van der Waals surface area contributed by atoms with Crippen LogP contribution in [0.2, 0.25) is 0 Å². The molecule has 1 fully saturated rings. The van der Waals surface area contributed by atoms with Crippen LogP contribution < -0.4 is 0 Å². The van der Waals surface area contributed by atoms with Crippen LogP contribution in [-0.2, 0) is 4.74 Å². The van der Waals surface area contributed by atoms with E-state index in [4.69, 9.17) is 4.74 Å². The van der Waals surface area contributed by atoms with Crippen LogP contribution in [0.1, 0.15) is 44.3 Å². The third-order valence-electron chi connectivity index (χ3n) is 3.81. The number of benzene rings is 1. The van der Waals surface area contributed by atoms with Crippen molar-refractivity contribution in [2.45, 2.75) is 44.8 Å². The van der Waals surface area contributed by atoms with Gasteiger partial charge in [0.2, 0.25) is 0 Å². The molecule has 0 spiro atoms. The van der Waals surface area contributed by atoms with Gasteiger partial charge in [-0.1, -0.05) is 30.3 Å². The molecule has 2 atom stereocenters. The highest BCUT2D eigenvalue weighted by atomic mass is 16.6. The second-order valence-electron chi connectivity index (χ2n) is 5.20. The first-order valence-corrected chi connectivity index (χ1v) is 7.38. The lowest BCUT2D eigenvalue weighted by Crippen LogP contribution is -2.44. The Hall–Kier alpha value is -1.55. The molecule has 1 aliphatic heterocycles. The van der Waals surface area contributed by atoms with Crippen LogP contribution in [0.4, 0.5) is 4.79 Å². The minimum Gasteiger partial charge on any atom is -0.450 e. The molecule has 0 unspecified atom stereocenters. The fourth-order valence-electron chi connectivity index (χ4n) is 2.76. The molecule has 4 heteroatoms. The number of hydrogen-bond acceptors (Lipinski definition) is 3. The van der Waals surface area contributed by atoms with Crippen LogP contribution in [0.5, 0.6) is 0 Å². The number of hydrogen-bond donors (Lipinski definition) is 1. The third kappa shape index (κ3) is 3.73. The molecule has 0 radical (unpaired) electrons. The zero-order valence-electron chi connectivity index (χ0n) is 12.0. The van der Waals surface area contributed by atoms with E-state index in [2.05, 4.69) is 0 Å². The minimum absolute atomic E-state index is 0.0676. The summed E-state index contributed by atoms with van der Waals surface area (Å²) in [6.45, 7) is 2.93. The summed E-state index contributed by atoms with van der Waals surface area (Å²) in [7, 11) is 0. The molecule has 1 aliphatic rings. The number of aliphatic hydroxyl groups excluding tert-OH is 1. The zero-order chi connectivity index (χ0) is 14.4. The van der Waals surface area contributed by atoms with Crippen LogP contribution in [0.15, 0.2) is 30.3 Å². The van der Waals surface area contributed by atoms with E-state index in [1.54, 1.807) is 4.90 Å². The van der Waals surface area contributed by atoms with Crippen molar-refractivity contribution in [3.05, 3.63) is 35.9 Å². The lowest BCUT2D eigenvalue weighted by atomic mass is 9.94. The summed E-state index contributed by atoms with van der Waals surface area (Å²) >= 11 is 0. The number of rotatable bonds is 4. The molecule has 2 rings (SSSR count). The van der Waals surface area contributed by atoms with Crippen LogP contribution in [0.25, 0.3) is 0 Å². The largest absolute Gasteiger partial charge is 0.450 e. The Morgan fingerprint density at radius 3 is 2.85 bits per heavy atom. The number of carbonyl (C=O) groups excluding carboxylic acids is 1. The standard InChI is InChI=1S/C16H23NO3/c1-2-20-16(19)17-11-7-6-10-14(17)12-15(18)13-8-4-3-5-9-13/h3-5,8-9,14-15,18H,2,6-7,10-12H2,1H3/t14-,15-/m0/s1. The van der Waals surface area contributed by atoms with E-state index in [1.165, 1.54) is 0 Å². The third-order valence-corrected chi connectivity index (χ3v) is 3.81. The topological polar surface area (TPSA) is 49.8 Å². The van der Waals surface area contributed by atoms with Gasteiger partial charge in [0.05, 0.1) is 12.7 Å². The number of nitrogens with zero attached hydrogens (tertiary/aromatic N) is 1. The molecule has 1 aromatic rings. The molecule has 20 heavy (non-hydrogen) atoms. The summed E-state index contributed by atoms with van der Waals surface area (Å²) in [4.78, 5) is 13.7. The van der Waals surface area contributed by atoms with Crippen LogP contribution in [0, 0.1) is 0 Å². The Morgan fingerprint density at radius 1 is 1.40 bits per heavy atom. The van der Waals surface area contributed by atoms with Crippen LogP contribution in [0.3, 0.4) is 0 Å². The molecule has 1 heterocycles. The number of aliphatic hydroxyl groups is 1. The van der Waals surface area contributed by atoms with Crippen molar-refractivity contribution >= 4 is 6.09 Å². The summed E-state index contributed by atoms with van der Waals surface area (Å²) in [5, 5.41) is 10.3. The van der Waals surface area contributed by atoms with E-state index >= 15 is 0 Å². The van der Waals surface area contributed by atoms with Gasteiger partial charge < -0.3 is 14.7 Å². The van der Waals surface area contributed by atoms with E-state index in [1.807, 2.05) is 37.3 Å². The van der Waals surface area contributed by atoms with Gasteiger partial charge in [0.15, 0.2) is 0 Å². The fourth-order valence-corrected chi connectivity index (χ4v) is 2.76. The fraction of sp³-hybridized carbons (Fsp3) is 0.562. The molecule has 4 nitrogen and oxygen atoms in total. The maximum Gasteiger partial charge on any atom is 0.409 e. The summed E-state index contributed by atoms with van der Waals surface area (Å²) in [5.74, 6) is 0. The first kappa shape index (κ1) is 14.9. The maximum absolute atomic E-state index is 11.9. The maximum atomic E-state index is 11.9. The van der Waals surface area contributed by atoms with Gasteiger partial charge in [-0.2, -0.15) is 0 Å². The number of carbonyl (C=O) groups is 1. The highest BCUT2D eigenvalue weighted by Gasteiger charge is 2.29. The summed E-state index contributed by atoms with van der Waals surface area (Å²) in [6.07, 6.45) is 2.83. The van der Waals surface area contributed by atoms with Crippen molar-refractivity contribution in [2.75, 3.05) is 13.2 Å². The van der Waals surface area contributed by atoms with Crippen molar-refractivity contribution in [1.29, 1.82) is 0 Å². The van der Waals surface area contributed by atoms with Gasteiger partial charge in [-0.3, -0.25) is 0 Å². The second kappa shape index (κ2) is 7.29. The second-order valence-corrected chi connectivity index (χ2v) is 5.20. The lowest BCUT2D eigenvalue weighted by molar-refractivity contribution is 0.0541. The summed E-state index contributed by atoms with van der Waals surface area (Å²) in [6, 6.07) is 9.68. The van der Waals surface area contributed by atoms with Crippen molar-refractivity contribution < 1.29 is 14.6 Å². The zero-order valence-corrected chi connectivity index (χ0v) is 12.0. The van der Waals surface area contributed by atoms with Crippen molar-refractivity contribution in [2.24, 2.45) is 0 Å². The Kier molecular flexibility index (Phi) is 5.41. The molecular formula is C16H23NO3. The van der Waals surface area contributed by atoms with E-state index in [0.29, 0.717) is 13.0 Å². The lowest BCUT2D eigenvalue weighted by Gasteiger charge is -2.36. The first-order valence-electron chi connectivity index (χ1n) is 7.38. The molecule has 0 bridgehead atoms. The van der Waals surface area contributed by atoms with Gasteiger partial charge in [-0.05, 0) is 38.2 Å². The quantitative estimate of drug-likeness (QED) is 0.920. The molecule has 1 aromatic carbocycles. The van der Waals surface area contributed by atoms with Gasteiger partial charge in [0.1, 0.15) is 0 Å². The van der Waals surface area contributed by atoms with E-state index in [0.717, 1.165) is 31.4 Å². The Morgan fingerprint density at radius 2 is 2.15 bits per heavy atom. The molecule has 1 amide bonds. The Bertz CT molecular complexity index is 421. The molecule has 110 valence electrons. The van der Waals surface area contributed by atoms with E-state index in [9.17, 15) is 9.90 Å². The monoisotopic (exact) mass is 277 g/mol. The predicted molar refractivity (Wildman–Crippen MR) is 77.4 cm³/mol. The van der Waals surface area contributed by atoms with Crippen molar-refractivity contribution in [1.82, 2.24) is 4.90 Å². The smallest absolute Gasteiger partial charge is 0.409 e. The normalized spacial score (nSPS) is 20.5. The number of ether oxygens (including phenoxy) is 1. The number of amides is 1. The minimum atomic E-state index is -0.531. The molecule has 0 aliphatic carbocycles. The van der Waals surface area contributed by atoms with Gasteiger partial charge in [0.25, 0.3) is 0 Å². The Balaban J connectivity index is 2.00. The number of likely N-dealkylation sites (tertiary alicyclic amines) is 1.